The van der Waals surface area contributed by atoms with Gasteiger partial charge in [0.2, 0.25) is 0 Å². The summed E-state index contributed by atoms with van der Waals surface area (Å²) in [5, 5.41) is 3.94. The molecule has 1 saturated carbocycles. The quantitative estimate of drug-likeness (QED) is 0.865. The number of hydrogen-bond donors (Lipinski definition) is 1. The molecule has 1 spiro atoms. The zero-order valence-corrected chi connectivity index (χ0v) is 14.3. The molecule has 2 aliphatic heterocycles. The van der Waals surface area contributed by atoms with Crippen molar-refractivity contribution in [3.8, 4) is 0 Å². The summed E-state index contributed by atoms with van der Waals surface area (Å²) in [5.41, 5.74) is 0.780. The molecule has 1 aliphatic carbocycles. The summed E-state index contributed by atoms with van der Waals surface area (Å²) in [6.45, 7) is 11.8. The average molecular weight is 294 g/mol. The van der Waals surface area contributed by atoms with Crippen molar-refractivity contribution in [2.75, 3.05) is 26.2 Å². The number of hydrogen-bond acceptors (Lipinski definition) is 3. The summed E-state index contributed by atoms with van der Waals surface area (Å²) in [7, 11) is 0. The van der Waals surface area contributed by atoms with E-state index in [1.807, 2.05) is 0 Å². The van der Waals surface area contributed by atoms with Crippen LogP contribution in [0.15, 0.2) is 0 Å². The molecule has 0 bridgehead atoms. The molecular weight excluding hydrogens is 260 g/mol. The molecule has 3 aliphatic rings. The SMILES string of the molecule is CC(C)(C)C1CNC2(CCCC2)CN1CCC1CCCO1. The van der Waals surface area contributed by atoms with Gasteiger partial charge in [0.05, 0.1) is 6.10 Å². The summed E-state index contributed by atoms with van der Waals surface area (Å²) in [6.07, 6.45) is 9.86. The molecule has 0 radical (unpaired) electrons. The van der Waals surface area contributed by atoms with Crippen LogP contribution in [0.2, 0.25) is 0 Å². The lowest BCUT2D eigenvalue weighted by Crippen LogP contribution is -2.66. The normalized spacial score (nSPS) is 33.9. The van der Waals surface area contributed by atoms with Crippen LogP contribution in [-0.2, 0) is 4.74 Å². The van der Waals surface area contributed by atoms with Gasteiger partial charge in [-0.05, 0) is 37.5 Å². The van der Waals surface area contributed by atoms with Crippen molar-refractivity contribution >= 4 is 0 Å². The summed E-state index contributed by atoms with van der Waals surface area (Å²) >= 11 is 0. The van der Waals surface area contributed by atoms with E-state index in [-0.39, 0.29) is 0 Å². The van der Waals surface area contributed by atoms with E-state index in [2.05, 4.69) is 31.0 Å². The topological polar surface area (TPSA) is 24.5 Å². The van der Waals surface area contributed by atoms with Crippen molar-refractivity contribution in [2.45, 2.75) is 83.4 Å². The Labute approximate surface area is 130 Å². The molecule has 3 heteroatoms. The third kappa shape index (κ3) is 3.62. The van der Waals surface area contributed by atoms with Gasteiger partial charge in [-0.25, -0.2) is 0 Å². The fourth-order valence-electron chi connectivity index (χ4n) is 4.65. The van der Waals surface area contributed by atoms with Gasteiger partial charge >= 0.3 is 0 Å². The van der Waals surface area contributed by atoms with Crippen LogP contribution in [0.4, 0.5) is 0 Å². The highest BCUT2D eigenvalue weighted by Gasteiger charge is 2.44. The summed E-state index contributed by atoms with van der Waals surface area (Å²) in [6, 6.07) is 0.658. The third-order valence-electron chi connectivity index (χ3n) is 5.94. The van der Waals surface area contributed by atoms with Gasteiger partial charge in [-0.3, -0.25) is 4.90 Å². The minimum atomic E-state index is 0.351. The second kappa shape index (κ2) is 6.17. The Bertz CT molecular complexity index is 338. The molecule has 21 heavy (non-hydrogen) atoms. The van der Waals surface area contributed by atoms with Gasteiger partial charge in [-0.1, -0.05) is 33.6 Å². The van der Waals surface area contributed by atoms with Gasteiger partial charge in [0, 0.05) is 37.8 Å². The monoisotopic (exact) mass is 294 g/mol. The molecule has 2 heterocycles. The van der Waals surface area contributed by atoms with Gasteiger partial charge in [-0.2, -0.15) is 0 Å². The maximum Gasteiger partial charge on any atom is 0.0588 e. The van der Waals surface area contributed by atoms with E-state index >= 15 is 0 Å². The summed E-state index contributed by atoms with van der Waals surface area (Å²) < 4.78 is 5.84. The Kier molecular flexibility index (Phi) is 4.63. The minimum Gasteiger partial charge on any atom is -0.378 e. The van der Waals surface area contributed by atoms with E-state index in [4.69, 9.17) is 4.74 Å². The molecule has 3 fully saturated rings. The van der Waals surface area contributed by atoms with Crippen molar-refractivity contribution in [1.29, 1.82) is 0 Å². The van der Waals surface area contributed by atoms with Crippen LogP contribution < -0.4 is 5.32 Å². The van der Waals surface area contributed by atoms with Crippen LogP contribution in [0.1, 0.15) is 65.7 Å². The standard InChI is InChI=1S/C18H34N2O/c1-17(2,3)16-13-19-18(9-4-5-10-18)14-20(16)11-8-15-7-6-12-21-15/h15-16,19H,4-14H2,1-3H3. The second-order valence-electron chi connectivity index (χ2n) is 8.64. The Morgan fingerprint density at radius 3 is 2.57 bits per heavy atom. The zero-order valence-electron chi connectivity index (χ0n) is 14.3. The fraction of sp³-hybridized carbons (Fsp3) is 1.00. The average Bonchev–Trinajstić information content (AvgIpc) is 3.07. The maximum atomic E-state index is 5.84. The van der Waals surface area contributed by atoms with Crippen LogP contribution >= 0.6 is 0 Å². The molecule has 0 amide bonds. The van der Waals surface area contributed by atoms with Gasteiger partial charge < -0.3 is 10.1 Å². The summed E-state index contributed by atoms with van der Waals surface area (Å²) in [4.78, 5) is 2.80. The van der Waals surface area contributed by atoms with Gasteiger partial charge in [0.25, 0.3) is 0 Å². The van der Waals surface area contributed by atoms with E-state index in [0.29, 0.717) is 23.1 Å². The van der Waals surface area contributed by atoms with E-state index in [1.165, 1.54) is 58.0 Å². The molecule has 0 aromatic carbocycles. The number of rotatable bonds is 3. The highest BCUT2D eigenvalue weighted by molar-refractivity contribution is 5.03. The first-order valence-electron chi connectivity index (χ1n) is 9.09. The van der Waals surface area contributed by atoms with Gasteiger partial charge in [0.1, 0.15) is 0 Å². The van der Waals surface area contributed by atoms with Crippen LogP contribution in [0.3, 0.4) is 0 Å². The molecule has 3 nitrogen and oxygen atoms in total. The Morgan fingerprint density at radius 2 is 1.95 bits per heavy atom. The molecule has 122 valence electrons. The highest BCUT2D eigenvalue weighted by Crippen LogP contribution is 2.37. The lowest BCUT2D eigenvalue weighted by atomic mass is 9.81. The fourth-order valence-corrected chi connectivity index (χ4v) is 4.65. The number of nitrogens with one attached hydrogen (secondary N) is 1. The maximum absolute atomic E-state index is 5.84. The first-order chi connectivity index (χ1) is 9.99. The molecule has 0 aromatic rings. The number of piperazine rings is 1. The Hall–Kier alpha value is -0.120. The lowest BCUT2D eigenvalue weighted by Gasteiger charge is -2.51. The number of ether oxygens (including phenoxy) is 1. The first-order valence-corrected chi connectivity index (χ1v) is 9.09. The number of nitrogens with zero attached hydrogens (tertiary/aromatic N) is 1. The molecule has 3 rings (SSSR count). The predicted octanol–water partition coefficient (Wildman–Crippen LogP) is 3.19. The van der Waals surface area contributed by atoms with Gasteiger partial charge in [0.15, 0.2) is 0 Å². The molecule has 2 unspecified atom stereocenters. The van der Waals surface area contributed by atoms with Crippen molar-refractivity contribution in [3.05, 3.63) is 0 Å². The third-order valence-corrected chi connectivity index (χ3v) is 5.94. The smallest absolute Gasteiger partial charge is 0.0588 e. The Morgan fingerprint density at radius 1 is 1.19 bits per heavy atom. The lowest BCUT2D eigenvalue weighted by molar-refractivity contribution is 0.00991. The molecular formula is C18H34N2O. The first kappa shape index (κ1) is 15.8. The van der Waals surface area contributed by atoms with Crippen molar-refractivity contribution in [2.24, 2.45) is 5.41 Å². The van der Waals surface area contributed by atoms with Crippen LogP contribution in [0.25, 0.3) is 0 Å². The summed E-state index contributed by atoms with van der Waals surface area (Å²) in [5.74, 6) is 0. The van der Waals surface area contributed by atoms with Crippen LogP contribution in [0.5, 0.6) is 0 Å². The van der Waals surface area contributed by atoms with E-state index in [9.17, 15) is 0 Å². The minimum absolute atomic E-state index is 0.351. The van der Waals surface area contributed by atoms with Crippen molar-refractivity contribution < 1.29 is 4.74 Å². The van der Waals surface area contributed by atoms with Crippen molar-refractivity contribution in [1.82, 2.24) is 10.2 Å². The Balaban J connectivity index is 1.64. The van der Waals surface area contributed by atoms with Crippen LogP contribution in [0, 0.1) is 5.41 Å². The molecule has 1 N–H and O–H groups in total. The van der Waals surface area contributed by atoms with E-state index in [0.717, 1.165) is 13.2 Å². The predicted molar refractivity (Wildman–Crippen MR) is 87.6 cm³/mol. The van der Waals surface area contributed by atoms with E-state index < -0.39 is 0 Å². The van der Waals surface area contributed by atoms with E-state index in [1.54, 1.807) is 0 Å². The van der Waals surface area contributed by atoms with Crippen molar-refractivity contribution in [3.63, 3.8) is 0 Å². The second-order valence-corrected chi connectivity index (χ2v) is 8.64. The largest absolute Gasteiger partial charge is 0.378 e. The zero-order chi connectivity index (χ0) is 14.9. The van der Waals surface area contributed by atoms with Crippen LogP contribution in [-0.4, -0.2) is 48.8 Å². The highest BCUT2D eigenvalue weighted by atomic mass is 16.5. The molecule has 0 aromatic heterocycles. The van der Waals surface area contributed by atoms with Gasteiger partial charge in [-0.15, -0.1) is 0 Å². The molecule has 2 saturated heterocycles. The molecule has 2 atom stereocenters.